The second-order valence-electron chi connectivity index (χ2n) is 5.16. The quantitative estimate of drug-likeness (QED) is 0.600. The van der Waals surface area contributed by atoms with Gasteiger partial charge in [0, 0.05) is 12.1 Å². The van der Waals surface area contributed by atoms with Gasteiger partial charge in [-0.15, -0.1) is 0 Å². The second-order valence-corrected chi connectivity index (χ2v) is 5.16. The summed E-state index contributed by atoms with van der Waals surface area (Å²) in [4.78, 5) is 13.6. The summed E-state index contributed by atoms with van der Waals surface area (Å²) in [7, 11) is 0. The zero-order valence-electron chi connectivity index (χ0n) is 9.83. The molecular weight excluding hydrogens is 178 g/mol. The van der Waals surface area contributed by atoms with Crippen LogP contribution in [0.4, 0.5) is 4.79 Å². The molecule has 1 rings (SSSR count). The lowest BCUT2D eigenvalue weighted by molar-refractivity contribution is 0.0175. The molecule has 0 N–H and O–H groups in total. The van der Waals surface area contributed by atoms with Crippen molar-refractivity contribution in [1.29, 1.82) is 0 Å². The molecule has 14 heavy (non-hydrogen) atoms. The van der Waals surface area contributed by atoms with Crippen molar-refractivity contribution in [3.63, 3.8) is 0 Å². The highest BCUT2D eigenvalue weighted by Gasteiger charge is 2.34. The van der Waals surface area contributed by atoms with Gasteiger partial charge in [0.2, 0.25) is 0 Å². The predicted molar refractivity (Wildman–Crippen MR) is 56.2 cm³/mol. The summed E-state index contributed by atoms with van der Waals surface area (Å²) in [5.74, 6) is 0. The van der Waals surface area contributed by atoms with E-state index in [1.54, 1.807) is 0 Å². The largest absolute Gasteiger partial charge is 0.444 e. The van der Waals surface area contributed by atoms with E-state index in [9.17, 15) is 4.79 Å². The standard InChI is InChI=1S/C11H21NO2/c1-8-6-7-9(2)12(8)10(13)14-11(3,4)5/h8-9H,6-7H2,1-5H3/t8-,9-/m0/s1. The van der Waals surface area contributed by atoms with Gasteiger partial charge in [0.05, 0.1) is 0 Å². The first-order valence-corrected chi connectivity index (χ1v) is 5.32. The van der Waals surface area contributed by atoms with Gasteiger partial charge in [0.1, 0.15) is 5.60 Å². The van der Waals surface area contributed by atoms with E-state index in [0.717, 1.165) is 12.8 Å². The van der Waals surface area contributed by atoms with Crippen LogP contribution in [0.3, 0.4) is 0 Å². The number of carbonyl (C=O) groups is 1. The third-order valence-electron chi connectivity index (χ3n) is 2.56. The smallest absolute Gasteiger partial charge is 0.410 e. The maximum atomic E-state index is 11.8. The van der Waals surface area contributed by atoms with Crippen LogP contribution in [0.5, 0.6) is 0 Å². The van der Waals surface area contributed by atoms with E-state index in [0.29, 0.717) is 12.1 Å². The van der Waals surface area contributed by atoms with Crippen molar-refractivity contribution in [1.82, 2.24) is 4.90 Å². The molecule has 0 radical (unpaired) electrons. The van der Waals surface area contributed by atoms with Gasteiger partial charge in [-0.25, -0.2) is 4.79 Å². The van der Waals surface area contributed by atoms with Crippen LogP contribution >= 0.6 is 0 Å². The van der Waals surface area contributed by atoms with Crippen molar-refractivity contribution in [3.05, 3.63) is 0 Å². The second kappa shape index (κ2) is 3.79. The number of likely N-dealkylation sites (tertiary alicyclic amines) is 1. The third-order valence-corrected chi connectivity index (χ3v) is 2.56. The fraction of sp³-hybridized carbons (Fsp3) is 0.909. The molecule has 0 aromatic carbocycles. The fourth-order valence-electron chi connectivity index (χ4n) is 1.87. The van der Waals surface area contributed by atoms with Crippen molar-refractivity contribution in [3.8, 4) is 0 Å². The maximum absolute atomic E-state index is 11.8. The van der Waals surface area contributed by atoms with Gasteiger partial charge in [0.25, 0.3) is 0 Å². The Bertz CT molecular complexity index is 210. The minimum absolute atomic E-state index is 0.171. The van der Waals surface area contributed by atoms with Crippen LogP contribution in [0.1, 0.15) is 47.5 Å². The zero-order chi connectivity index (χ0) is 10.9. The Morgan fingerprint density at radius 2 is 1.64 bits per heavy atom. The molecule has 2 atom stereocenters. The lowest BCUT2D eigenvalue weighted by Crippen LogP contribution is -2.42. The first-order chi connectivity index (χ1) is 6.31. The van der Waals surface area contributed by atoms with Crippen molar-refractivity contribution < 1.29 is 9.53 Å². The van der Waals surface area contributed by atoms with Crippen LogP contribution in [0.2, 0.25) is 0 Å². The third kappa shape index (κ3) is 2.63. The van der Waals surface area contributed by atoms with Crippen LogP contribution in [0.25, 0.3) is 0 Å². The Balaban J connectivity index is 2.60. The van der Waals surface area contributed by atoms with E-state index in [-0.39, 0.29) is 11.7 Å². The molecule has 0 bridgehead atoms. The van der Waals surface area contributed by atoms with Gasteiger partial charge in [-0.2, -0.15) is 0 Å². The average molecular weight is 199 g/mol. The molecule has 0 saturated carbocycles. The first-order valence-electron chi connectivity index (χ1n) is 5.32. The van der Waals surface area contributed by atoms with E-state index in [2.05, 4.69) is 13.8 Å². The van der Waals surface area contributed by atoms with Gasteiger partial charge < -0.3 is 9.64 Å². The molecule has 0 aromatic rings. The number of ether oxygens (including phenoxy) is 1. The van der Waals surface area contributed by atoms with Crippen molar-refractivity contribution in [2.45, 2.75) is 65.1 Å². The molecule has 0 aromatic heterocycles. The number of rotatable bonds is 0. The Labute approximate surface area is 86.4 Å². The molecule has 1 aliphatic rings. The summed E-state index contributed by atoms with van der Waals surface area (Å²) < 4.78 is 5.35. The van der Waals surface area contributed by atoms with Gasteiger partial charge >= 0.3 is 6.09 Å². The molecule has 0 spiro atoms. The van der Waals surface area contributed by atoms with Gasteiger partial charge in [-0.05, 0) is 47.5 Å². The summed E-state index contributed by atoms with van der Waals surface area (Å²) in [5, 5.41) is 0. The van der Waals surface area contributed by atoms with Crippen LogP contribution in [-0.4, -0.2) is 28.7 Å². The Hall–Kier alpha value is -0.730. The fourth-order valence-corrected chi connectivity index (χ4v) is 1.87. The number of amides is 1. The molecule has 3 heteroatoms. The zero-order valence-corrected chi connectivity index (χ0v) is 9.83. The number of hydrogen-bond acceptors (Lipinski definition) is 2. The highest BCUT2D eigenvalue weighted by atomic mass is 16.6. The Kier molecular flexibility index (Phi) is 3.07. The summed E-state index contributed by atoms with van der Waals surface area (Å²) in [6.07, 6.45) is 2.00. The number of hydrogen-bond donors (Lipinski definition) is 0. The van der Waals surface area contributed by atoms with Crippen LogP contribution in [0, 0.1) is 0 Å². The minimum atomic E-state index is -0.390. The van der Waals surface area contributed by atoms with E-state index in [1.807, 2.05) is 25.7 Å². The molecule has 0 aliphatic carbocycles. The molecule has 1 heterocycles. The molecule has 1 saturated heterocycles. The summed E-state index contributed by atoms with van der Waals surface area (Å²) >= 11 is 0. The lowest BCUT2D eigenvalue weighted by Gasteiger charge is -2.29. The normalized spacial score (nSPS) is 27.9. The molecular formula is C11H21NO2. The van der Waals surface area contributed by atoms with E-state index in [4.69, 9.17) is 4.74 Å². The molecule has 82 valence electrons. The molecule has 1 fully saturated rings. The van der Waals surface area contributed by atoms with Crippen molar-refractivity contribution >= 4 is 6.09 Å². The average Bonchev–Trinajstić information content (AvgIpc) is 2.27. The topological polar surface area (TPSA) is 29.5 Å². The predicted octanol–water partition coefficient (Wildman–Crippen LogP) is 2.79. The van der Waals surface area contributed by atoms with Gasteiger partial charge in [0.15, 0.2) is 0 Å². The van der Waals surface area contributed by atoms with Crippen LogP contribution in [0.15, 0.2) is 0 Å². The number of nitrogens with zero attached hydrogens (tertiary/aromatic N) is 1. The minimum Gasteiger partial charge on any atom is -0.444 e. The van der Waals surface area contributed by atoms with E-state index < -0.39 is 0 Å². The molecule has 3 nitrogen and oxygen atoms in total. The lowest BCUT2D eigenvalue weighted by atomic mass is 10.2. The monoisotopic (exact) mass is 199 g/mol. The Morgan fingerprint density at radius 3 is 2.00 bits per heavy atom. The maximum Gasteiger partial charge on any atom is 0.410 e. The van der Waals surface area contributed by atoms with Crippen molar-refractivity contribution in [2.24, 2.45) is 0 Å². The Morgan fingerprint density at radius 1 is 1.21 bits per heavy atom. The highest BCUT2D eigenvalue weighted by molar-refractivity contribution is 5.69. The summed E-state index contributed by atoms with van der Waals surface area (Å²) in [6, 6.07) is 0.639. The van der Waals surface area contributed by atoms with Crippen molar-refractivity contribution in [2.75, 3.05) is 0 Å². The summed E-state index contributed by atoms with van der Waals surface area (Å²) in [6.45, 7) is 9.85. The summed E-state index contributed by atoms with van der Waals surface area (Å²) in [5.41, 5.74) is -0.390. The SMILES string of the molecule is C[C@H]1CC[C@H](C)N1C(=O)OC(C)(C)C. The van der Waals surface area contributed by atoms with Gasteiger partial charge in [-0.3, -0.25) is 0 Å². The van der Waals surface area contributed by atoms with E-state index in [1.165, 1.54) is 0 Å². The first kappa shape index (κ1) is 11.3. The van der Waals surface area contributed by atoms with Crippen LogP contribution < -0.4 is 0 Å². The highest BCUT2D eigenvalue weighted by Crippen LogP contribution is 2.25. The molecule has 0 unspecified atom stereocenters. The van der Waals surface area contributed by atoms with Gasteiger partial charge in [-0.1, -0.05) is 0 Å². The number of carbonyl (C=O) groups excluding carboxylic acids is 1. The molecule has 1 amide bonds. The van der Waals surface area contributed by atoms with E-state index >= 15 is 0 Å². The van der Waals surface area contributed by atoms with Crippen LogP contribution in [-0.2, 0) is 4.74 Å². The molecule has 1 aliphatic heterocycles.